The third-order valence-corrected chi connectivity index (χ3v) is 3.97. The van der Waals surface area contributed by atoms with Crippen molar-refractivity contribution in [3.63, 3.8) is 0 Å². The van der Waals surface area contributed by atoms with Gasteiger partial charge in [-0.3, -0.25) is 4.79 Å². The van der Waals surface area contributed by atoms with Gasteiger partial charge in [0.25, 0.3) is 0 Å². The summed E-state index contributed by atoms with van der Waals surface area (Å²) in [4.78, 5) is 13.7. The lowest BCUT2D eigenvalue weighted by atomic mass is 10.2. The average Bonchev–Trinajstić information content (AvgIpc) is 3.11. The number of nitrogens with zero attached hydrogens (tertiary/aromatic N) is 1. The fraction of sp³-hybridized carbons (Fsp3) is 0.417. The number of halogens is 2. The molecule has 1 amide bonds. The van der Waals surface area contributed by atoms with Crippen LogP contribution in [-0.4, -0.2) is 22.2 Å². The van der Waals surface area contributed by atoms with Crippen LogP contribution in [0.3, 0.4) is 0 Å². The van der Waals surface area contributed by atoms with Gasteiger partial charge in [0.1, 0.15) is 0 Å². The molecule has 0 bridgehead atoms. The summed E-state index contributed by atoms with van der Waals surface area (Å²) in [5.74, 6) is 0.179. The molecule has 2 rings (SSSR count). The number of benzene rings is 1. The molecule has 1 aromatic rings. The fourth-order valence-electron chi connectivity index (χ4n) is 1.69. The molecule has 1 aliphatic carbocycles. The highest BCUT2D eigenvalue weighted by Crippen LogP contribution is 2.30. The lowest BCUT2D eigenvalue weighted by molar-refractivity contribution is -0.129. The van der Waals surface area contributed by atoms with Gasteiger partial charge in [0.15, 0.2) is 0 Å². The van der Waals surface area contributed by atoms with E-state index in [9.17, 15) is 4.79 Å². The van der Waals surface area contributed by atoms with E-state index in [0.29, 0.717) is 17.9 Å². The Bertz CT molecular complexity index is 390. The standard InChI is InChI=1S/C12H13Br2NO/c13-7-12(16)15(10-5-6-10)8-9-3-1-2-4-11(9)14/h1-4,10H,5-8H2. The van der Waals surface area contributed by atoms with Crippen molar-refractivity contribution in [3.8, 4) is 0 Å². The Morgan fingerprint density at radius 3 is 2.62 bits per heavy atom. The van der Waals surface area contributed by atoms with Crippen molar-refractivity contribution in [2.75, 3.05) is 5.33 Å². The minimum absolute atomic E-state index is 0.179. The van der Waals surface area contributed by atoms with Crippen LogP contribution in [0.15, 0.2) is 28.7 Å². The van der Waals surface area contributed by atoms with Gasteiger partial charge in [-0.05, 0) is 24.5 Å². The molecule has 0 aromatic heterocycles. The van der Waals surface area contributed by atoms with E-state index >= 15 is 0 Å². The van der Waals surface area contributed by atoms with E-state index < -0.39 is 0 Å². The minimum atomic E-state index is 0.179. The molecule has 0 radical (unpaired) electrons. The second-order valence-corrected chi connectivity index (χ2v) is 5.39. The van der Waals surface area contributed by atoms with Crippen LogP contribution in [0.5, 0.6) is 0 Å². The monoisotopic (exact) mass is 345 g/mol. The quantitative estimate of drug-likeness (QED) is 0.766. The molecular weight excluding hydrogens is 334 g/mol. The Morgan fingerprint density at radius 2 is 2.06 bits per heavy atom. The first-order valence-electron chi connectivity index (χ1n) is 5.31. The normalized spacial score (nSPS) is 14.9. The Morgan fingerprint density at radius 1 is 1.38 bits per heavy atom. The first kappa shape index (κ1) is 12.1. The summed E-state index contributed by atoms with van der Waals surface area (Å²) in [6.07, 6.45) is 2.28. The molecule has 0 unspecified atom stereocenters. The second kappa shape index (κ2) is 5.32. The SMILES string of the molecule is O=C(CBr)N(Cc1ccccc1Br)C1CC1. The van der Waals surface area contributed by atoms with Crippen molar-refractivity contribution in [2.45, 2.75) is 25.4 Å². The van der Waals surface area contributed by atoms with Crippen LogP contribution in [0.25, 0.3) is 0 Å². The third-order valence-electron chi connectivity index (χ3n) is 2.72. The maximum Gasteiger partial charge on any atom is 0.233 e. The summed E-state index contributed by atoms with van der Waals surface area (Å²) in [7, 11) is 0. The Kier molecular flexibility index (Phi) is 4.03. The van der Waals surface area contributed by atoms with Crippen LogP contribution < -0.4 is 0 Å². The zero-order valence-electron chi connectivity index (χ0n) is 8.83. The van der Waals surface area contributed by atoms with Gasteiger partial charge in [0.2, 0.25) is 5.91 Å². The second-order valence-electron chi connectivity index (χ2n) is 3.98. The van der Waals surface area contributed by atoms with Crippen LogP contribution in [0.2, 0.25) is 0 Å². The fourth-order valence-corrected chi connectivity index (χ4v) is 2.43. The van der Waals surface area contributed by atoms with Gasteiger partial charge in [-0.2, -0.15) is 0 Å². The van der Waals surface area contributed by atoms with Crippen LogP contribution in [0, 0.1) is 0 Å². The zero-order valence-corrected chi connectivity index (χ0v) is 12.0. The van der Waals surface area contributed by atoms with Crippen LogP contribution in [-0.2, 0) is 11.3 Å². The number of carbonyl (C=O) groups is 1. The van der Waals surface area contributed by atoms with E-state index in [2.05, 4.69) is 37.9 Å². The van der Waals surface area contributed by atoms with Crippen molar-refractivity contribution in [2.24, 2.45) is 0 Å². The highest BCUT2D eigenvalue weighted by atomic mass is 79.9. The van der Waals surface area contributed by atoms with Crippen molar-refractivity contribution in [1.29, 1.82) is 0 Å². The highest BCUT2D eigenvalue weighted by molar-refractivity contribution is 9.10. The van der Waals surface area contributed by atoms with E-state index in [-0.39, 0.29) is 5.91 Å². The largest absolute Gasteiger partial charge is 0.335 e. The molecule has 0 aliphatic heterocycles. The van der Waals surface area contributed by atoms with Gasteiger partial charge in [-0.15, -0.1) is 0 Å². The zero-order chi connectivity index (χ0) is 11.5. The third kappa shape index (κ3) is 2.86. The lowest BCUT2D eigenvalue weighted by Gasteiger charge is -2.22. The van der Waals surface area contributed by atoms with E-state index in [4.69, 9.17) is 0 Å². The highest BCUT2D eigenvalue weighted by Gasteiger charge is 2.32. The van der Waals surface area contributed by atoms with Gasteiger partial charge < -0.3 is 4.90 Å². The number of rotatable bonds is 4. The molecule has 86 valence electrons. The summed E-state index contributed by atoms with van der Waals surface area (Å²) < 4.78 is 1.07. The molecular formula is C12H13Br2NO. The van der Waals surface area contributed by atoms with Crippen molar-refractivity contribution < 1.29 is 4.79 Å². The molecule has 0 heterocycles. The molecule has 16 heavy (non-hydrogen) atoms. The van der Waals surface area contributed by atoms with Crippen molar-refractivity contribution in [3.05, 3.63) is 34.3 Å². The van der Waals surface area contributed by atoms with Gasteiger partial charge in [-0.25, -0.2) is 0 Å². The molecule has 0 spiro atoms. The number of hydrogen-bond donors (Lipinski definition) is 0. The number of hydrogen-bond acceptors (Lipinski definition) is 1. The Hall–Kier alpha value is -0.350. The Labute approximate surface area is 112 Å². The summed E-state index contributed by atoms with van der Waals surface area (Å²) in [5.41, 5.74) is 1.17. The number of amides is 1. The van der Waals surface area contributed by atoms with Crippen LogP contribution in [0.1, 0.15) is 18.4 Å². The molecule has 0 N–H and O–H groups in total. The van der Waals surface area contributed by atoms with E-state index in [1.54, 1.807) is 0 Å². The van der Waals surface area contributed by atoms with E-state index in [1.165, 1.54) is 5.56 Å². The average molecular weight is 347 g/mol. The summed E-state index contributed by atoms with van der Waals surface area (Å²) in [6.45, 7) is 0.705. The van der Waals surface area contributed by atoms with Gasteiger partial charge >= 0.3 is 0 Å². The smallest absolute Gasteiger partial charge is 0.233 e. The first-order valence-corrected chi connectivity index (χ1v) is 7.22. The first-order chi connectivity index (χ1) is 7.72. The van der Waals surface area contributed by atoms with Crippen molar-refractivity contribution >= 4 is 37.8 Å². The molecule has 1 fully saturated rings. The molecule has 1 saturated carbocycles. The van der Waals surface area contributed by atoms with Gasteiger partial charge in [0, 0.05) is 17.1 Å². The molecule has 0 atom stereocenters. The predicted molar refractivity (Wildman–Crippen MR) is 71.5 cm³/mol. The molecule has 1 aromatic carbocycles. The van der Waals surface area contributed by atoms with Gasteiger partial charge in [0.05, 0.1) is 5.33 Å². The number of alkyl halides is 1. The number of carbonyl (C=O) groups excluding carboxylic acids is 1. The summed E-state index contributed by atoms with van der Waals surface area (Å²) in [5, 5.41) is 0.411. The van der Waals surface area contributed by atoms with Crippen LogP contribution >= 0.6 is 31.9 Å². The molecule has 0 saturated heterocycles. The van der Waals surface area contributed by atoms with Crippen LogP contribution in [0.4, 0.5) is 0 Å². The minimum Gasteiger partial charge on any atom is -0.335 e. The maximum absolute atomic E-state index is 11.8. The van der Waals surface area contributed by atoms with E-state index in [1.807, 2.05) is 23.1 Å². The summed E-state index contributed by atoms with van der Waals surface area (Å²) >= 11 is 6.76. The van der Waals surface area contributed by atoms with Gasteiger partial charge in [-0.1, -0.05) is 50.1 Å². The van der Waals surface area contributed by atoms with E-state index in [0.717, 1.165) is 17.3 Å². The predicted octanol–water partition coefficient (Wildman–Crippen LogP) is 3.34. The van der Waals surface area contributed by atoms with Crippen molar-refractivity contribution in [1.82, 2.24) is 4.90 Å². The topological polar surface area (TPSA) is 20.3 Å². The molecule has 2 nitrogen and oxygen atoms in total. The maximum atomic E-state index is 11.8. The Balaban J connectivity index is 2.11. The lowest BCUT2D eigenvalue weighted by Crippen LogP contribution is -2.33. The summed E-state index contributed by atoms with van der Waals surface area (Å²) in [6, 6.07) is 8.52. The molecule has 1 aliphatic rings. The molecule has 4 heteroatoms.